The molecule has 0 fully saturated rings. The zero-order valence-corrected chi connectivity index (χ0v) is 22.5. The Kier molecular flexibility index (Phi) is 7.37. The summed E-state index contributed by atoms with van der Waals surface area (Å²) in [7, 11) is 0. The number of hydrogen-bond acceptors (Lipinski definition) is 5. The van der Waals surface area contributed by atoms with Gasteiger partial charge < -0.3 is 15.0 Å². The van der Waals surface area contributed by atoms with Gasteiger partial charge in [0.05, 0.1) is 6.04 Å². The number of nitrogens with zero attached hydrogens (tertiary/aromatic N) is 2. The summed E-state index contributed by atoms with van der Waals surface area (Å²) >= 11 is 1.39. The molecule has 1 atom stereocenters. The molecule has 0 radical (unpaired) electrons. The van der Waals surface area contributed by atoms with Gasteiger partial charge >= 0.3 is 0 Å². The van der Waals surface area contributed by atoms with Crippen molar-refractivity contribution in [3.8, 4) is 5.75 Å². The van der Waals surface area contributed by atoms with Gasteiger partial charge in [0.1, 0.15) is 23.1 Å². The fourth-order valence-electron chi connectivity index (χ4n) is 4.99. The van der Waals surface area contributed by atoms with Crippen LogP contribution in [0.15, 0.2) is 115 Å². The van der Waals surface area contributed by atoms with Gasteiger partial charge in [0.25, 0.3) is 11.8 Å². The van der Waals surface area contributed by atoms with Crippen LogP contribution in [-0.2, 0) is 13.0 Å². The van der Waals surface area contributed by atoms with Gasteiger partial charge in [-0.1, -0.05) is 72.8 Å². The molecule has 0 aliphatic carbocycles. The van der Waals surface area contributed by atoms with Crippen molar-refractivity contribution in [3.63, 3.8) is 0 Å². The van der Waals surface area contributed by atoms with Gasteiger partial charge in [-0.15, -0.1) is 11.3 Å². The van der Waals surface area contributed by atoms with Crippen LogP contribution in [0.1, 0.15) is 48.6 Å². The summed E-state index contributed by atoms with van der Waals surface area (Å²) in [5.74, 6) is 0.450. The maximum Gasteiger partial charge on any atom is 0.275 e. The van der Waals surface area contributed by atoms with E-state index in [1.165, 1.54) is 16.9 Å². The van der Waals surface area contributed by atoms with Gasteiger partial charge in [-0.3, -0.25) is 9.59 Å². The summed E-state index contributed by atoms with van der Waals surface area (Å²) in [6.45, 7) is 0.873. The number of para-hydroxylation sites is 1. The Morgan fingerprint density at radius 2 is 1.60 bits per heavy atom. The van der Waals surface area contributed by atoms with Crippen molar-refractivity contribution in [1.82, 2.24) is 9.88 Å². The monoisotopic (exact) mass is 545 g/mol. The van der Waals surface area contributed by atoms with E-state index in [-0.39, 0.29) is 24.5 Å². The lowest BCUT2D eigenvalue weighted by Crippen LogP contribution is -2.40. The lowest BCUT2D eigenvalue weighted by Gasteiger charge is -2.38. The second-order valence-corrected chi connectivity index (χ2v) is 10.5. The largest absolute Gasteiger partial charge is 0.486 e. The summed E-state index contributed by atoms with van der Waals surface area (Å²) in [5, 5.41) is 5.30. The minimum absolute atomic E-state index is 0.00974. The molecule has 0 saturated carbocycles. The summed E-state index contributed by atoms with van der Waals surface area (Å²) < 4.78 is 6.15. The number of anilines is 1. The van der Waals surface area contributed by atoms with E-state index in [1.54, 1.807) is 5.38 Å². The zero-order chi connectivity index (χ0) is 27.3. The van der Waals surface area contributed by atoms with Crippen molar-refractivity contribution in [3.05, 3.63) is 148 Å². The van der Waals surface area contributed by atoms with Gasteiger partial charge in [0, 0.05) is 23.2 Å². The van der Waals surface area contributed by atoms with E-state index in [9.17, 15) is 9.59 Å². The minimum Gasteiger partial charge on any atom is -0.486 e. The highest BCUT2D eigenvalue weighted by atomic mass is 32.1. The van der Waals surface area contributed by atoms with Crippen LogP contribution in [-0.4, -0.2) is 28.2 Å². The van der Waals surface area contributed by atoms with Crippen LogP contribution in [0.2, 0.25) is 0 Å². The van der Waals surface area contributed by atoms with E-state index in [4.69, 9.17) is 4.74 Å². The van der Waals surface area contributed by atoms with Gasteiger partial charge in [0.15, 0.2) is 0 Å². The summed E-state index contributed by atoms with van der Waals surface area (Å²) in [5.41, 5.74) is 5.07. The molecule has 1 aliphatic rings. The lowest BCUT2D eigenvalue weighted by molar-refractivity contribution is 0.0694. The number of nitrogens with one attached hydrogen (secondary N) is 1. The van der Waals surface area contributed by atoms with Crippen LogP contribution in [0.5, 0.6) is 5.75 Å². The average Bonchev–Trinajstić information content (AvgIpc) is 3.50. The predicted octanol–water partition coefficient (Wildman–Crippen LogP) is 6.76. The van der Waals surface area contributed by atoms with Gasteiger partial charge in [-0.25, -0.2) is 4.98 Å². The minimum atomic E-state index is -0.253. The summed E-state index contributed by atoms with van der Waals surface area (Å²) in [6, 6.07) is 34.7. The Bertz CT molecular complexity index is 1620. The van der Waals surface area contributed by atoms with Gasteiger partial charge in [-0.05, 0) is 59.5 Å². The summed E-state index contributed by atoms with van der Waals surface area (Å²) in [4.78, 5) is 32.6. The Morgan fingerprint density at radius 1 is 0.900 bits per heavy atom. The smallest absolute Gasteiger partial charge is 0.275 e. The fourth-order valence-corrected chi connectivity index (χ4v) is 5.67. The molecule has 0 bridgehead atoms. The molecule has 5 aromatic rings. The number of thiazole rings is 1. The topological polar surface area (TPSA) is 71.5 Å². The second kappa shape index (κ2) is 11.6. The summed E-state index contributed by atoms with van der Waals surface area (Å²) in [6.07, 6.45) is 0.768. The normalized spacial score (nSPS) is 14.3. The van der Waals surface area contributed by atoms with E-state index in [1.807, 2.05) is 95.9 Å². The Labute approximate surface area is 236 Å². The highest BCUT2D eigenvalue weighted by Crippen LogP contribution is 2.38. The van der Waals surface area contributed by atoms with Crippen molar-refractivity contribution < 1.29 is 14.3 Å². The number of benzene rings is 4. The molecule has 1 aliphatic heterocycles. The fraction of sp³-hybridized carbons (Fsp3) is 0.121. The van der Waals surface area contributed by atoms with Gasteiger partial charge in [-0.2, -0.15) is 0 Å². The Balaban J connectivity index is 1.22. The Hall–Kier alpha value is -4.75. The first-order valence-corrected chi connectivity index (χ1v) is 14.0. The molecule has 2 heterocycles. The molecule has 7 heteroatoms. The van der Waals surface area contributed by atoms with Crippen LogP contribution < -0.4 is 10.1 Å². The maximum atomic E-state index is 13.6. The molecule has 4 aromatic carbocycles. The second-order valence-electron chi connectivity index (χ2n) is 9.52. The van der Waals surface area contributed by atoms with E-state index < -0.39 is 0 Å². The molecule has 40 heavy (non-hydrogen) atoms. The third kappa shape index (κ3) is 5.51. The molecule has 2 amide bonds. The first-order valence-electron chi connectivity index (χ1n) is 13.1. The van der Waals surface area contributed by atoms with Crippen LogP contribution in [0.25, 0.3) is 0 Å². The lowest BCUT2D eigenvalue weighted by atomic mass is 9.87. The van der Waals surface area contributed by atoms with E-state index in [0.29, 0.717) is 28.6 Å². The molecular weight excluding hydrogens is 518 g/mol. The van der Waals surface area contributed by atoms with E-state index >= 15 is 0 Å². The van der Waals surface area contributed by atoms with Gasteiger partial charge in [0.2, 0.25) is 0 Å². The Morgan fingerprint density at radius 3 is 2.35 bits per heavy atom. The molecule has 1 aromatic heterocycles. The van der Waals surface area contributed by atoms with E-state index in [0.717, 1.165) is 23.2 Å². The first-order chi connectivity index (χ1) is 19.7. The SMILES string of the molecule is O=C(Nc1ccccc1)c1csc(COc2ccc3c(c2)C(c2ccccc2)N(C(=O)c2ccccc2)CC3)n1. The van der Waals surface area contributed by atoms with Crippen molar-refractivity contribution in [1.29, 1.82) is 0 Å². The molecule has 1 unspecified atom stereocenters. The maximum absolute atomic E-state index is 13.6. The molecule has 198 valence electrons. The number of rotatable bonds is 7. The van der Waals surface area contributed by atoms with Crippen LogP contribution in [0.4, 0.5) is 5.69 Å². The first kappa shape index (κ1) is 25.5. The zero-order valence-electron chi connectivity index (χ0n) is 21.7. The predicted molar refractivity (Wildman–Crippen MR) is 157 cm³/mol. The van der Waals surface area contributed by atoms with E-state index in [2.05, 4.69) is 28.5 Å². The molecule has 0 spiro atoms. The van der Waals surface area contributed by atoms with Crippen molar-refractivity contribution >= 4 is 28.8 Å². The van der Waals surface area contributed by atoms with Crippen LogP contribution in [0.3, 0.4) is 0 Å². The third-order valence-electron chi connectivity index (χ3n) is 6.92. The number of amides is 2. The molecule has 0 saturated heterocycles. The number of fused-ring (bicyclic) bond motifs is 1. The highest BCUT2D eigenvalue weighted by molar-refractivity contribution is 7.09. The highest BCUT2D eigenvalue weighted by Gasteiger charge is 2.33. The molecular formula is C33H27N3O3S. The van der Waals surface area contributed by atoms with Crippen LogP contribution in [0, 0.1) is 0 Å². The third-order valence-corrected chi connectivity index (χ3v) is 7.74. The quantitative estimate of drug-likeness (QED) is 0.245. The number of carbonyl (C=O) groups is 2. The van der Waals surface area contributed by atoms with Crippen molar-refractivity contribution in [2.24, 2.45) is 0 Å². The number of hydrogen-bond donors (Lipinski definition) is 1. The molecule has 1 N–H and O–H groups in total. The van der Waals surface area contributed by atoms with Crippen molar-refractivity contribution in [2.45, 2.75) is 19.1 Å². The number of aromatic nitrogens is 1. The molecule has 6 nitrogen and oxygen atoms in total. The van der Waals surface area contributed by atoms with Crippen molar-refractivity contribution in [2.75, 3.05) is 11.9 Å². The number of ether oxygens (including phenoxy) is 1. The van der Waals surface area contributed by atoms with Crippen LogP contribution >= 0.6 is 11.3 Å². The number of carbonyl (C=O) groups excluding carboxylic acids is 2. The standard InChI is InChI=1S/C33H27N3O3S/c37-32(34-26-14-8-3-9-15-26)29-22-40-30(35-29)21-39-27-17-16-23-18-19-36(33(38)25-12-6-2-7-13-25)31(28(23)20-27)24-10-4-1-5-11-24/h1-17,20,22,31H,18-19,21H2,(H,34,37). The average molecular weight is 546 g/mol. The molecule has 6 rings (SSSR count).